The van der Waals surface area contributed by atoms with Crippen molar-refractivity contribution in [1.82, 2.24) is 4.57 Å². The Morgan fingerprint density at radius 2 is 2.15 bits per heavy atom. The fourth-order valence-electron chi connectivity index (χ4n) is 1.87. The van der Waals surface area contributed by atoms with Crippen molar-refractivity contribution in [2.24, 2.45) is 4.99 Å². The maximum absolute atomic E-state index is 11.8. The minimum atomic E-state index is -0.268. The standard InChI is InChI=1S/C14H16N2O2S2/c1-4-16-11-6-5-9(2)7-12(11)20-14(16)15-13(18)8-19-10(3)17/h5-7H,4,8H2,1-3H3. The lowest BCUT2D eigenvalue weighted by molar-refractivity contribution is -0.116. The van der Waals surface area contributed by atoms with Gasteiger partial charge in [0.15, 0.2) is 9.92 Å². The summed E-state index contributed by atoms with van der Waals surface area (Å²) in [5.74, 6) is -0.164. The molecular weight excluding hydrogens is 292 g/mol. The molecule has 0 spiro atoms. The average Bonchev–Trinajstić information content (AvgIpc) is 2.72. The summed E-state index contributed by atoms with van der Waals surface area (Å²) in [5, 5.41) is -0.0658. The topological polar surface area (TPSA) is 51.4 Å². The number of benzene rings is 1. The molecule has 0 aliphatic rings. The zero-order valence-electron chi connectivity index (χ0n) is 11.7. The molecule has 1 aromatic heterocycles. The Morgan fingerprint density at radius 3 is 2.80 bits per heavy atom. The van der Waals surface area contributed by atoms with Gasteiger partial charge in [0.25, 0.3) is 5.91 Å². The summed E-state index contributed by atoms with van der Waals surface area (Å²) in [6, 6.07) is 6.21. The number of hydrogen-bond acceptors (Lipinski definition) is 4. The van der Waals surface area contributed by atoms with Gasteiger partial charge in [-0.1, -0.05) is 29.2 Å². The van der Waals surface area contributed by atoms with Gasteiger partial charge in [0.2, 0.25) is 0 Å². The third-order valence-corrected chi connectivity index (χ3v) is 4.61. The van der Waals surface area contributed by atoms with Crippen LogP contribution in [-0.2, 0) is 16.1 Å². The van der Waals surface area contributed by atoms with Crippen LogP contribution in [-0.4, -0.2) is 21.3 Å². The fourth-order valence-corrected chi connectivity index (χ4v) is 3.47. The molecule has 1 heterocycles. The third-order valence-electron chi connectivity index (χ3n) is 2.77. The van der Waals surface area contributed by atoms with E-state index in [0.29, 0.717) is 4.80 Å². The molecule has 0 N–H and O–H groups in total. The summed E-state index contributed by atoms with van der Waals surface area (Å²) in [6.07, 6.45) is 0. The summed E-state index contributed by atoms with van der Waals surface area (Å²) >= 11 is 2.50. The molecule has 20 heavy (non-hydrogen) atoms. The molecule has 2 aromatic rings. The molecule has 0 radical (unpaired) electrons. The number of nitrogens with zero attached hydrogens (tertiary/aromatic N) is 2. The van der Waals surface area contributed by atoms with Gasteiger partial charge in [-0.3, -0.25) is 9.59 Å². The molecule has 2 rings (SSSR count). The Balaban J connectivity index is 2.42. The van der Waals surface area contributed by atoms with E-state index in [4.69, 9.17) is 0 Å². The number of aryl methyl sites for hydroxylation is 2. The fraction of sp³-hybridized carbons (Fsp3) is 0.357. The molecular formula is C14H16N2O2S2. The van der Waals surface area contributed by atoms with Gasteiger partial charge < -0.3 is 4.57 Å². The second-order valence-corrected chi connectivity index (χ2v) is 6.55. The van der Waals surface area contributed by atoms with Gasteiger partial charge in [0, 0.05) is 13.5 Å². The van der Waals surface area contributed by atoms with E-state index in [1.165, 1.54) is 23.8 Å². The molecule has 0 saturated carbocycles. The second-order valence-electron chi connectivity index (χ2n) is 4.39. The Morgan fingerprint density at radius 1 is 1.40 bits per heavy atom. The quantitative estimate of drug-likeness (QED) is 0.876. The van der Waals surface area contributed by atoms with Gasteiger partial charge in [0.1, 0.15) is 0 Å². The highest BCUT2D eigenvalue weighted by Crippen LogP contribution is 2.18. The first-order valence-electron chi connectivity index (χ1n) is 6.32. The van der Waals surface area contributed by atoms with Crippen LogP contribution in [0.15, 0.2) is 23.2 Å². The van der Waals surface area contributed by atoms with Gasteiger partial charge in [-0.25, -0.2) is 0 Å². The van der Waals surface area contributed by atoms with Crippen molar-refractivity contribution in [3.63, 3.8) is 0 Å². The molecule has 0 aliphatic carbocycles. The number of aromatic nitrogens is 1. The van der Waals surface area contributed by atoms with Gasteiger partial charge in [-0.15, -0.1) is 0 Å². The molecule has 0 fully saturated rings. The Kier molecular flexibility index (Phi) is 4.77. The van der Waals surface area contributed by atoms with Crippen LogP contribution >= 0.6 is 23.1 Å². The van der Waals surface area contributed by atoms with Crippen LogP contribution < -0.4 is 4.80 Å². The first-order chi connectivity index (χ1) is 9.51. The van der Waals surface area contributed by atoms with E-state index in [1.807, 2.05) is 18.4 Å². The Labute approximate surface area is 125 Å². The number of fused-ring (bicyclic) bond motifs is 1. The van der Waals surface area contributed by atoms with E-state index in [0.717, 1.165) is 28.5 Å². The van der Waals surface area contributed by atoms with E-state index in [1.54, 1.807) is 0 Å². The van der Waals surface area contributed by atoms with Crippen molar-refractivity contribution in [2.75, 3.05) is 5.75 Å². The number of amides is 1. The largest absolute Gasteiger partial charge is 0.317 e. The summed E-state index contributed by atoms with van der Waals surface area (Å²) in [7, 11) is 0. The minimum Gasteiger partial charge on any atom is -0.317 e. The predicted molar refractivity (Wildman–Crippen MR) is 83.9 cm³/mol. The molecule has 0 saturated heterocycles. The summed E-state index contributed by atoms with van der Waals surface area (Å²) < 4.78 is 3.15. The number of hydrogen-bond donors (Lipinski definition) is 0. The smallest absolute Gasteiger partial charge is 0.258 e. The predicted octanol–water partition coefficient (Wildman–Crippen LogP) is 2.74. The van der Waals surface area contributed by atoms with E-state index in [9.17, 15) is 9.59 Å². The molecule has 1 aromatic carbocycles. The molecule has 0 unspecified atom stereocenters. The minimum absolute atomic E-state index is 0.0658. The van der Waals surface area contributed by atoms with Gasteiger partial charge in [-0.05, 0) is 31.5 Å². The van der Waals surface area contributed by atoms with Gasteiger partial charge in [-0.2, -0.15) is 4.99 Å². The molecule has 4 nitrogen and oxygen atoms in total. The van der Waals surface area contributed by atoms with Crippen molar-refractivity contribution in [3.05, 3.63) is 28.6 Å². The van der Waals surface area contributed by atoms with E-state index in [-0.39, 0.29) is 16.8 Å². The van der Waals surface area contributed by atoms with Crippen molar-refractivity contribution in [2.45, 2.75) is 27.3 Å². The first kappa shape index (κ1) is 15.0. The zero-order chi connectivity index (χ0) is 14.7. The van der Waals surface area contributed by atoms with E-state index in [2.05, 4.69) is 23.2 Å². The van der Waals surface area contributed by atoms with Crippen molar-refractivity contribution < 1.29 is 9.59 Å². The summed E-state index contributed by atoms with van der Waals surface area (Å²) in [4.78, 5) is 27.5. The third kappa shape index (κ3) is 3.37. The Bertz CT molecular complexity index is 728. The van der Waals surface area contributed by atoms with Crippen LogP contribution in [0, 0.1) is 6.92 Å². The number of thioether (sulfide) groups is 1. The number of carbonyl (C=O) groups excluding carboxylic acids is 2. The van der Waals surface area contributed by atoms with E-state index >= 15 is 0 Å². The van der Waals surface area contributed by atoms with Crippen LogP contribution in [0.3, 0.4) is 0 Å². The van der Waals surface area contributed by atoms with Crippen molar-refractivity contribution >= 4 is 44.3 Å². The normalized spacial score (nSPS) is 12.1. The highest BCUT2D eigenvalue weighted by Gasteiger charge is 2.07. The lowest BCUT2D eigenvalue weighted by atomic mass is 10.2. The van der Waals surface area contributed by atoms with Crippen LogP contribution in [0.1, 0.15) is 19.4 Å². The molecule has 1 amide bonds. The summed E-state index contributed by atoms with van der Waals surface area (Å²) in [5.41, 5.74) is 2.28. The number of rotatable bonds is 3. The maximum atomic E-state index is 11.8. The lowest BCUT2D eigenvalue weighted by Crippen LogP contribution is -2.16. The highest BCUT2D eigenvalue weighted by atomic mass is 32.2. The number of carbonyl (C=O) groups is 2. The van der Waals surface area contributed by atoms with Gasteiger partial charge >= 0.3 is 0 Å². The van der Waals surface area contributed by atoms with Crippen molar-refractivity contribution in [1.29, 1.82) is 0 Å². The summed E-state index contributed by atoms with van der Waals surface area (Å²) in [6.45, 7) is 6.28. The molecule has 0 aliphatic heterocycles. The SMILES string of the molecule is CCn1c(=NC(=O)CSC(C)=O)sc2cc(C)ccc21. The number of thiazole rings is 1. The van der Waals surface area contributed by atoms with Crippen LogP contribution in [0.25, 0.3) is 10.2 Å². The van der Waals surface area contributed by atoms with Crippen LogP contribution in [0.4, 0.5) is 0 Å². The van der Waals surface area contributed by atoms with Crippen LogP contribution in [0.2, 0.25) is 0 Å². The second kappa shape index (κ2) is 6.37. The highest BCUT2D eigenvalue weighted by molar-refractivity contribution is 8.14. The first-order valence-corrected chi connectivity index (χ1v) is 8.12. The zero-order valence-corrected chi connectivity index (χ0v) is 13.3. The van der Waals surface area contributed by atoms with E-state index < -0.39 is 0 Å². The van der Waals surface area contributed by atoms with Crippen LogP contribution in [0.5, 0.6) is 0 Å². The molecule has 106 valence electrons. The molecule has 6 heteroatoms. The monoisotopic (exact) mass is 308 g/mol. The average molecular weight is 308 g/mol. The molecule has 0 bridgehead atoms. The van der Waals surface area contributed by atoms with Crippen molar-refractivity contribution in [3.8, 4) is 0 Å². The van der Waals surface area contributed by atoms with Gasteiger partial charge in [0.05, 0.1) is 16.0 Å². The lowest BCUT2D eigenvalue weighted by Gasteiger charge is -2.00. The molecule has 0 atom stereocenters. The Hall–Kier alpha value is -1.40. The maximum Gasteiger partial charge on any atom is 0.258 e.